The molecule has 0 spiro atoms. The van der Waals surface area contributed by atoms with Gasteiger partial charge in [-0.2, -0.15) is 4.33 Å². The molecule has 3 aliphatic rings. The summed E-state index contributed by atoms with van der Waals surface area (Å²) in [7, 11) is -24.5. The molecule has 0 fully saturated rings. The second-order valence-electron chi connectivity index (χ2n) is 27.0. The standard InChI is InChI=1S/C39H46BrN3O14S4.C33H40N2O8S2/c1-38(2)30-22-26(40)25-42(18-10-20-58(46,47)48)37(30)41-33(38)12-6-4-7-13-34-39(3,17-9-5-8-14-35(44)45)36-29-23-27(60(52,53)54)24-32(61(55,56)57)28(29)15-16-31(36)43(34)19-11-21-59(49,50)51;1-3-4-21-35-28-18-17-26-27(22-25(45(39,40)41)23-29(26)44-43-42-38)32(28)33(2,19-11-6-9-16-31(36)37)30(35)15-10-12-20-34-24-13-7-5-8-14-24/h4,6-7,12-13,15-16,22-25H,5,8-11,14,17-21H2,1-3H3,(H4-,44,45,46,47,48,49,50,51,52,53,54,55,56,57);5,7-8,10,12-15,17-18,20,22-23,30,34,38H,3-4,6,9,11,16,19,21H2,1-2H3,(H,36,37)(H,39,40,41)/p-4/b;15-10+,20-12+. The summed E-state index contributed by atoms with van der Waals surface area (Å²) in [5, 5.41) is 36.9. The Morgan fingerprint density at radius 2 is 1.31 bits per heavy atom. The zero-order chi connectivity index (χ0) is 77.8. The van der Waals surface area contributed by atoms with E-state index in [-0.39, 0.29) is 66.9 Å². The SMILES string of the molecule is CC1(C)C(/C=C/C=C/C=C2\N(CCCS(=O)(=O)[O-])c3ccc4c(S(=O)(=O)[O-])cc(S(=O)(=O)[O-])cc4c3C2(C)CCCCCC(=O)O)=Nc2c1cc(Br)c[n+]2CCCS(=O)(=O)[O-].CCCC[NH+]1c2ccc3c(SOO[O-])cc(S(=O)(=O)[O-])cc3c2C(C)(CCCCCC(=O)O)C1/C=C/C=C/Nc1ccccc1. The summed E-state index contributed by atoms with van der Waals surface area (Å²) in [4.78, 5) is 28.1. The molecule has 0 radical (unpaired) electrons. The number of hydrogen-bond acceptors (Lipinski definition) is 24. The molecule has 0 bridgehead atoms. The van der Waals surface area contributed by atoms with Crippen molar-refractivity contribution in [3.63, 3.8) is 0 Å². The largest absolute Gasteiger partial charge is 0.748 e. The van der Waals surface area contributed by atoms with Crippen LogP contribution < -0.4 is 24.9 Å². The third-order valence-electron chi connectivity index (χ3n) is 19.2. The van der Waals surface area contributed by atoms with E-state index in [4.69, 9.17) is 10.1 Å². The number of carboxylic acids is 2. The van der Waals surface area contributed by atoms with Crippen molar-refractivity contribution < 1.29 is 109 Å². The van der Waals surface area contributed by atoms with Crippen LogP contribution >= 0.6 is 28.0 Å². The number of aryl methyl sites for hydroxylation is 1. The molecule has 34 heteroatoms. The van der Waals surface area contributed by atoms with Crippen LogP contribution in [-0.2, 0) is 92.3 Å². The molecule has 0 saturated carbocycles. The van der Waals surface area contributed by atoms with E-state index in [2.05, 4.69) is 50.5 Å². The summed E-state index contributed by atoms with van der Waals surface area (Å²) in [6.07, 6.45) is 24.4. The molecule has 6 aromatic rings. The molecular formula is C72H82BrN5O22S6-4. The van der Waals surface area contributed by atoms with Crippen molar-refractivity contribution >= 4 is 141 Å². The molecule has 5 aromatic carbocycles. The van der Waals surface area contributed by atoms with Gasteiger partial charge in [-0.15, -0.1) is 0 Å². The minimum absolute atomic E-state index is 0.0230. The first kappa shape index (κ1) is 84.5. The molecule has 4 heterocycles. The average molecular weight is 1640 g/mol. The van der Waals surface area contributed by atoms with Crippen LogP contribution in [-0.4, -0.2) is 123 Å². The van der Waals surface area contributed by atoms with Gasteiger partial charge in [-0.05, 0) is 200 Å². The number of aromatic nitrogens is 1. The van der Waals surface area contributed by atoms with Crippen molar-refractivity contribution in [3.8, 4) is 0 Å². The fourth-order valence-corrected chi connectivity index (χ4v) is 18.2. The molecule has 4 N–H and O–H groups in total. The molecule has 4 atom stereocenters. The van der Waals surface area contributed by atoms with Crippen molar-refractivity contribution in [2.45, 2.75) is 173 Å². The predicted molar refractivity (Wildman–Crippen MR) is 395 cm³/mol. The van der Waals surface area contributed by atoms with Crippen molar-refractivity contribution in [2.24, 2.45) is 4.99 Å². The number of hydrogen-bond donors (Lipinski definition) is 4. The van der Waals surface area contributed by atoms with Gasteiger partial charge in [0.1, 0.15) is 48.3 Å². The smallest absolute Gasteiger partial charge is 0.327 e. The number of carbonyl (C=O) groups is 2. The van der Waals surface area contributed by atoms with E-state index in [1.54, 1.807) is 53.0 Å². The third-order valence-corrected chi connectivity index (χ3v) is 24.4. The van der Waals surface area contributed by atoms with Crippen molar-refractivity contribution in [2.75, 3.05) is 34.8 Å². The summed E-state index contributed by atoms with van der Waals surface area (Å²) in [5.74, 6) is -2.49. The molecule has 0 aliphatic carbocycles. The number of para-hydroxylation sites is 1. The average Bonchev–Trinajstić information content (AvgIpc) is 1.52. The van der Waals surface area contributed by atoms with Crippen LogP contribution in [0.4, 0.5) is 22.9 Å². The number of rotatable bonds is 36. The summed E-state index contributed by atoms with van der Waals surface area (Å²) in [5.41, 5.74) is 3.38. The van der Waals surface area contributed by atoms with Gasteiger partial charge in [0.15, 0.2) is 5.71 Å². The number of anilines is 2. The first-order chi connectivity index (χ1) is 49.7. The second-order valence-corrected chi connectivity index (χ2v) is 35.8. The summed E-state index contributed by atoms with van der Waals surface area (Å²) in [6, 6.07) is 22.5. The number of fused-ring (bicyclic) bond motifs is 7. The molecule has 9 rings (SSSR count). The Morgan fingerprint density at radius 3 is 1.92 bits per heavy atom. The number of nitrogens with zero attached hydrogens (tertiary/aromatic N) is 3. The van der Waals surface area contributed by atoms with Gasteiger partial charge in [-0.25, -0.2) is 46.7 Å². The van der Waals surface area contributed by atoms with E-state index in [1.165, 1.54) is 29.2 Å². The molecular weight excluding hydrogens is 1560 g/mol. The number of pyridine rings is 1. The van der Waals surface area contributed by atoms with E-state index in [9.17, 15) is 84.8 Å². The highest BCUT2D eigenvalue weighted by Gasteiger charge is 2.52. The number of allylic oxidation sites excluding steroid dienone is 8. The highest BCUT2D eigenvalue weighted by Crippen LogP contribution is 2.55. The third kappa shape index (κ3) is 21.2. The van der Waals surface area contributed by atoms with Crippen LogP contribution in [0, 0.1) is 0 Å². The first-order valence-electron chi connectivity index (χ1n) is 33.9. The van der Waals surface area contributed by atoms with E-state index in [0.717, 1.165) is 65.3 Å². The number of aliphatic carboxylic acids is 2. The van der Waals surface area contributed by atoms with E-state index < -0.39 is 105 Å². The lowest BCUT2D eigenvalue weighted by Gasteiger charge is -2.31. The fraction of sp³-hybridized carbons (Fsp3) is 0.389. The normalized spacial score (nSPS) is 19.2. The first-order valence-corrected chi connectivity index (χ1v) is 42.9. The molecule has 4 unspecified atom stereocenters. The van der Waals surface area contributed by atoms with Crippen LogP contribution in [0.15, 0.2) is 181 Å². The van der Waals surface area contributed by atoms with Gasteiger partial charge in [0.25, 0.3) is 0 Å². The van der Waals surface area contributed by atoms with Crippen LogP contribution in [0.1, 0.15) is 141 Å². The van der Waals surface area contributed by atoms with Crippen LogP contribution in [0.5, 0.6) is 0 Å². The Labute approximate surface area is 630 Å². The van der Waals surface area contributed by atoms with Crippen LogP contribution in [0.25, 0.3) is 21.5 Å². The lowest BCUT2D eigenvalue weighted by atomic mass is 9.72. The van der Waals surface area contributed by atoms with Gasteiger partial charge >= 0.3 is 17.8 Å². The number of carboxylic acid groups (broad SMARTS) is 2. The Bertz CT molecular complexity index is 5070. The van der Waals surface area contributed by atoms with Crippen molar-refractivity contribution in [3.05, 3.63) is 173 Å². The van der Waals surface area contributed by atoms with Gasteiger partial charge in [0.2, 0.25) is 0 Å². The number of halogens is 1. The lowest BCUT2D eigenvalue weighted by molar-refractivity contribution is -0.851. The zero-order valence-electron chi connectivity index (χ0n) is 58.6. The Kier molecular flexibility index (Phi) is 28.3. The second kappa shape index (κ2) is 35.5. The Hall–Kier alpha value is -7.10. The molecule has 106 heavy (non-hydrogen) atoms. The molecule has 1 aromatic heterocycles. The quantitative estimate of drug-likeness (QED) is 0.00540. The summed E-state index contributed by atoms with van der Waals surface area (Å²) < 4.78 is 187. The molecule has 574 valence electrons. The maximum absolute atomic E-state index is 12.5. The molecule has 0 amide bonds. The highest BCUT2D eigenvalue weighted by atomic mass is 79.9. The Morgan fingerprint density at radius 1 is 0.689 bits per heavy atom. The van der Waals surface area contributed by atoms with Gasteiger partial charge < -0.3 is 48.5 Å². The van der Waals surface area contributed by atoms with Crippen LogP contribution in [0.3, 0.4) is 0 Å². The number of unbranched alkanes of at least 4 members (excludes halogenated alkanes) is 5. The van der Waals surface area contributed by atoms with Gasteiger partial charge in [0, 0.05) is 76.1 Å². The van der Waals surface area contributed by atoms with Crippen molar-refractivity contribution in [1.82, 2.24) is 0 Å². The molecule has 3 aliphatic heterocycles. The number of nitrogens with one attached hydrogen (secondary N) is 2. The topological polar surface area (TPSA) is 438 Å². The highest BCUT2D eigenvalue weighted by molar-refractivity contribution is 9.10. The maximum Gasteiger partial charge on any atom is 0.327 e. The minimum atomic E-state index is -5.33. The Balaban J connectivity index is 0.000000280. The zero-order valence-corrected chi connectivity index (χ0v) is 65.1. The monoisotopic (exact) mass is 1640 g/mol. The number of aliphatic imine (C=N–C) groups is 1. The number of quaternary nitrogens is 1. The lowest BCUT2D eigenvalue weighted by Crippen LogP contribution is -3.10. The van der Waals surface area contributed by atoms with E-state index >= 15 is 0 Å². The van der Waals surface area contributed by atoms with Crippen LogP contribution in [0.2, 0.25) is 0 Å². The summed E-state index contributed by atoms with van der Waals surface area (Å²) >= 11 is 4.05. The molecule has 0 saturated heterocycles. The van der Waals surface area contributed by atoms with E-state index in [0.29, 0.717) is 89.5 Å². The maximum atomic E-state index is 12.5. The minimum Gasteiger partial charge on any atom is -0.748 e. The van der Waals surface area contributed by atoms with Gasteiger partial charge in [0.05, 0.1) is 80.9 Å². The van der Waals surface area contributed by atoms with E-state index in [1.807, 2.05) is 80.7 Å². The number of benzene rings is 5. The van der Waals surface area contributed by atoms with Gasteiger partial charge in [-0.3, -0.25) is 19.5 Å². The predicted octanol–water partition coefficient (Wildman–Crippen LogP) is 9.89. The van der Waals surface area contributed by atoms with Crippen molar-refractivity contribution in [1.29, 1.82) is 0 Å². The summed E-state index contributed by atoms with van der Waals surface area (Å²) in [6.45, 7) is 11.0. The fourth-order valence-electron chi connectivity index (χ4n) is 14.3. The molecule has 27 nitrogen and oxygen atoms in total. The van der Waals surface area contributed by atoms with Gasteiger partial charge in [-0.1, -0.05) is 87.6 Å².